The number of halogens is 3. The molecule has 7 rings (SSSR count). The van der Waals surface area contributed by atoms with E-state index in [1.54, 1.807) is 6.33 Å². The van der Waals surface area contributed by atoms with Crippen molar-refractivity contribution in [1.29, 1.82) is 0 Å². The van der Waals surface area contributed by atoms with E-state index in [0.29, 0.717) is 29.5 Å². The van der Waals surface area contributed by atoms with Crippen LogP contribution >= 0.6 is 0 Å². The number of hydrogen-bond donors (Lipinski definition) is 2. The summed E-state index contributed by atoms with van der Waals surface area (Å²) in [5.41, 5.74) is 4.03. The normalized spacial score (nSPS) is 17.1. The van der Waals surface area contributed by atoms with Gasteiger partial charge in [-0.1, -0.05) is 72.8 Å². The SMILES string of the molecule is FC(F)(F)c1ccc(Cn2cnc3c(NC4CCN(Cc5ccccc5)CC4)nc(NC4CCN(Cc5ccccc5)CC4)nc32)cc1. The Morgan fingerprint density at radius 2 is 1.15 bits per heavy atom. The third kappa shape index (κ3) is 7.96. The molecule has 0 atom stereocenters. The third-order valence-corrected chi connectivity index (χ3v) is 9.45. The van der Waals surface area contributed by atoms with Crippen molar-refractivity contribution in [2.75, 3.05) is 36.8 Å². The molecule has 2 saturated heterocycles. The number of imidazole rings is 1. The lowest BCUT2D eigenvalue weighted by Gasteiger charge is -2.33. The highest BCUT2D eigenvalue weighted by Crippen LogP contribution is 2.30. The quantitative estimate of drug-likeness (QED) is 0.167. The smallest absolute Gasteiger partial charge is 0.365 e. The van der Waals surface area contributed by atoms with Gasteiger partial charge >= 0.3 is 6.18 Å². The molecule has 3 aromatic carbocycles. The number of rotatable bonds is 10. The van der Waals surface area contributed by atoms with Gasteiger partial charge in [0.1, 0.15) is 0 Å². The van der Waals surface area contributed by atoms with E-state index in [2.05, 4.69) is 69.0 Å². The molecule has 250 valence electrons. The fourth-order valence-corrected chi connectivity index (χ4v) is 6.75. The predicted octanol–water partition coefficient (Wildman–Crippen LogP) is 7.05. The molecule has 0 unspecified atom stereocenters. The molecule has 11 heteroatoms. The summed E-state index contributed by atoms with van der Waals surface area (Å²) < 4.78 is 41.4. The second-order valence-corrected chi connectivity index (χ2v) is 13.0. The number of likely N-dealkylation sites (tertiary alicyclic amines) is 2. The van der Waals surface area contributed by atoms with Crippen molar-refractivity contribution in [3.8, 4) is 0 Å². The van der Waals surface area contributed by atoms with Gasteiger partial charge < -0.3 is 15.2 Å². The molecule has 2 fully saturated rings. The monoisotopic (exact) mass is 654 g/mol. The lowest BCUT2D eigenvalue weighted by molar-refractivity contribution is -0.137. The summed E-state index contributed by atoms with van der Waals surface area (Å²) in [6.45, 7) is 6.15. The number of benzene rings is 3. The van der Waals surface area contributed by atoms with Gasteiger partial charge in [0.05, 0.1) is 18.4 Å². The number of nitrogens with zero attached hydrogens (tertiary/aromatic N) is 6. The summed E-state index contributed by atoms with van der Waals surface area (Å²) in [4.78, 5) is 19.5. The summed E-state index contributed by atoms with van der Waals surface area (Å²) in [6, 6.07) is 26.9. The average Bonchev–Trinajstić information content (AvgIpc) is 3.50. The topological polar surface area (TPSA) is 74.1 Å². The van der Waals surface area contributed by atoms with Crippen LogP contribution < -0.4 is 10.6 Å². The molecule has 4 heterocycles. The molecule has 2 aliphatic rings. The lowest BCUT2D eigenvalue weighted by atomic mass is 10.0. The Balaban J connectivity index is 1.07. The van der Waals surface area contributed by atoms with Crippen LogP contribution in [0.4, 0.5) is 24.9 Å². The number of alkyl halides is 3. The second-order valence-electron chi connectivity index (χ2n) is 13.0. The Hall–Kier alpha value is -4.48. The Labute approximate surface area is 279 Å². The van der Waals surface area contributed by atoms with Crippen LogP contribution in [-0.2, 0) is 25.8 Å². The molecule has 0 aliphatic carbocycles. The minimum Gasteiger partial charge on any atom is -0.365 e. The van der Waals surface area contributed by atoms with Crippen LogP contribution in [0.1, 0.15) is 47.9 Å². The maximum atomic E-state index is 13.2. The fourth-order valence-electron chi connectivity index (χ4n) is 6.75. The molecular formula is C37H41F3N8. The van der Waals surface area contributed by atoms with Gasteiger partial charge in [-0.3, -0.25) is 9.80 Å². The van der Waals surface area contributed by atoms with E-state index in [1.807, 2.05) is 16.7 Å². The Morgan fingerprint density at radius 3 is 1.69 bits per heavy atom. The molecule has 2 N–H and O–H groups in total. The van der Waals surface area contributed by atoms with Crippen LogP contribution in [-0.4, -0.2) is 67.6 Å². The van der Waals surface area contributed by atoms with Crippen molar-refractivity contribution in [1.82, 2.24) is 29.3 Å². The number of hydrogen-bond acceptors (Lipinski definition) is 7. The predicted molar refractivity (Wildman–Crippen MR) is 183 cm³/mol. The molecule has 5 aromatic rings. The van der Waals surface area contributed by atoms with Gasteiger partial charge in [-0.25, -0.2) is 4.98 Å². The Bertz CT molecular complexity index is 1760. The molecule has 0 saturated carbocycles. The molecule has 0 spiro atoms. The zero-order chi connectivity index (χ0) is 32.9. The molecule has 8 nitrogen and oxygen atoms in total. The summed E-state index contributed by atoms with van der Waals surface area (Å²) in [5, 5.41) is 7.31. The minimum atomic E-state index is -4.37. The van der Waals surface area contributed by atoms with Gasteiger partial charge in [0, 0.05) is 51.4 Å². The van der Waals surface area contributed by atoms with Gasteiger partial charge in [-0.05, 0) is 54.5 Å². The summed E-state index contributed by atoms with van der Waals surface area (Å²) >= 11 is 0. The number of nitrogens with one attached hydrogen (secondary N) is 2. The van der Waals surface area contributed by atoms with Gasteiger partial charge in [-0.2, -0.15) is 23.1 Å². The third-order valence-electron chi connectivity index (χ3n) is 9.45. The van der Waals surface area contributed by atoms with Crippen LogP contribution in [0.3, 0.4) is 0 Å². The maximum Gasteiger partial charge on any atom is 0.416 e. The van der Waals surface area contributed by atoms with E-state index >= 15 is 0 Å². The van der Waals surface area contributed by atoms with Crippen molar-refractivity contribution >= 4 is 22.9 Å². The first-order valence-electron chi connectivity index (χ1n) is 16.8. The van der Waals surface area contributed by atoms with E-state index in [4.69, 9.17) is 15.0 Å². The molecule has 2 aliphatic heterocycles. The molecule has 48 heavy (non-hydrogen) atoms. The van der Waals surface area contributed by atoms with Gasteiger partial charge in [0.25, 0.3) is 0 Å². The van der Waals surface area contributed by atoms with Crippen molar-refractivity contribution < 1.29 is 13.2 Å². The first-order chi connectivity index (χ1) is 23.4. The number of piperidine rings is 2. The fraction of sp³-hybridized carbons (Fsp3) is 0.378. The van der Waals surface area contributed by atoms with E-state index in [9.17, 15) is 13.2 Å². The first kappa shape index (κ1) is 32.1. The number of aromatic nitrogens is 4. The Kier molecular flexibility index (Phi) is 9.58. The zero-order valence-corrected chi connectivity index (χ0v) is 26.9. The minimum absolute atomic E-state index is 0.231. The standard InChI is InChI=1S/C37H41F3N8/c38-37(39,40)30-13-11-29(12-14-30)25-48-26-41-33-34(42-31-15-19-46(20-16-31)23-27-7-3-1-4-8-27)44-36(45-35(33)48)43-32-17-21-47(22-18-32)24-28-9-5-2-6-10-28/h1-14,26,31-32H,15-25H2,(H2,42,43,44,45). The summed E-state index contributed by atoms with van der Waals surface area (Å²) in [5.74, 6) is 1.24. The number of fused-ring (bicyclic) bond motifs is 1. The van der Waals surface area contributed by atoms with Crippen LogP contribution in [0.25, 0.3) is 11.2 Å². The summed E-state index contributed by atoms with van der Waals surface area (Å²) in [7, 11) is 0. The van der Waals surface area contributed by atoms with E-state index in [-0.39, 0.29) is 12.1 Å². The molecule has 2 aromatic heterocycles. The van der Waals surface area contributed by atoms with E-state index in [1.165, 1.54) is 23.3 Å². The van der Waals surface area contributed by atoms with Crippen LogP contribution in [0, 0.1) is 0 Å². The van der Waals surface area contributed by atoms with Crippen molar-refractivity contribution in [3.63, 3.8) is 0 Å². The average molecular weight is 655 g/mol. The first-order valence-corrected chi connectivity index (χ1v) is 16.8. The second kappa shape index (κ2) is 14.3. The van der Waals surface area contributed by atoms with Crippen molar-refractivity contribution in [2.45, 2.75) is 63.6 Å². The van der Waals surface area contributed by atoms with Crippen LogP contribution in [0.5, 0.6) is 0 Å². The van der Waals surface area contributed by atoms with Gasteiger partial charge in [-0.15, -0.1) is 0 Å². The highest BCUT2D eigenvalue weighted by molar-refractivity contribution is 5.84. The van der Waals surface area contributed by atoms with Gasteiger partial charge in [0.15, 0.2) is 17.0 Å². The van der Waals surface area contributed by atoms with Crippen LogP contribution in [0.2, 0.25) is 0 Å². The van der Waals surface area contributed by atoms with Crippen molar-refractivity contribution in [3.05, 3.63) is 114 Å². The summed E-state index contributed by atoms with van der Waals surface area (Å²) in [6.07, 6.45) is 1.24. The molecule has 0 radical (unpaired) electrons. The Morgan fingerprint density at radius 1 is 0.625 bits per heavy atom. The highest BCUT2D eigenvalue weighted by atomic mass is 19.4. The van der Waals surface area contributed by atoms with Crippen molar-refractivity contribution in [2.24, 2.45) is 0 Å². The maximum absolute atomic E-state index is 13.2. The zero-order valence-electron chi connectivity index (χ0n) is 26.9. The van der Waals surface area contributed by atoms with Gasteiger partial charge in [0.2, 0.25) is 5.95 Å². The molecule has 0 amide bonds. The molecule has 0 bridgehead atoms. The van der Waals surface area contributed by atoms with E-state index in [0.717, 1.165) is 82.6 Å². The number of anilines is 2. The highest BCUT2D eigenvalue weighted by Gasteiger charge is 2.30. The van der Waals surface area contributed by atoms with E-state index < -0.39 is 11.7 Å². The molecular weight excluding hydrogens is 613 g/mol. The largest absolute Gasteiger partial charge is 0.416 e. The van der Waals surface area contributed by atoms with Crippen LogP contribution in [0.15, 0.2) is 91.3 Å². The lowest BCUT2D eigenvalue weighted by Crippen LogP contribution is -2.39.